The van der Waals surface area contributed by atoms with E-state index in [1.807, 2.05) is 23.5 Å². The second-order valence-electron chi connectivity index (χ2n) is 7.54. The van der Waals surface area contributed by atoms with Crippen molar-refractivity contribution in [2.45, 2.75) is 38.8 Å². The van der Waals surface area contributed by atoms with Crippen LogP contribution in [0.4, 0.5) is 5.00 Å². The Morgan fingerprint density at radius 1 is 1.28 bits per heavy atom. The zero-order chi connectivity index (χ0) is 22.1. The van der Waals surface area contributed by atoms with Gasteiger partial charge in [-0.1, -0.05) is 6.08 Å². The van der Waals surface area contributed by atoms with Crippen LogP contribution in [0.2, 0.25) is 0 Å². The van der Waals surface area contributed by atoms with Crippen molar-refractivity contribution in [3.8, 4) is 11.5 Å². The van der Waals surface area contributed by atoms with Crippen molar-refractivity contribution < 1.29 is 9.47 Å². The number of allylic oxidation sites excluding steroid dienone is 1. The smallest absolute Gasteiger partial charge is 0.191 e. The van der Waals surface area contributed by atoms with Crippen LogP contribution in [-0.2, 0) is 13.0 Å². The van der Waals surface area contributed by atoms with E-state index in [1.165, 1.54) is 5.00 Å². The Balaban J connectivity index is 0.00000363. The molecule has 0 spiro atoms. The maximum Gasteiger partial charge on any atom is 0.191 e. The lowest BCUT2D eigenvalue weighted by atomic mass is 10.1. The first-order valence-electron chi connectivity index (χ1n) is 10.9. The van der Waals surface area contributed by atoms with Crippen molar-refractivity contribution >= 4 is 46.3 Å². The summed E-state index contributed by atoms with van der Waals surface area (Å²) in [5, 5.41) is 10.5. The van der Waals surface area contributed by atoms with Crippen LogP contribution in [0.1, 0.15) is 30.9 Å². The van der Waals surface area contributed by atoms with Gasteiger partial charge >= 0.3 is 0 Å². The molecule has 1 saturated heterocycles. The van der Waals surface area contributed by atoms with E-state index in [2.05, 4.69) is 52.6 Å². The zero-order valence-corrected chi connectivity index (χ0v) is 22.4. The number of nitrogens with zero attached hydrogens (tertiary/aromatic N) is 2. The average Bonchev–Trinajstić information content (AvgIpc) is 3.33. The van der Waals surface area contributed by atoms with E-state index >= 15 is 0 Å². The summed E-state index contributed by atoms with van der Waals surface area (Å²) in [7, 11) is 3.33. The molecular weight excluding hydrogens is 535 g/mol. The van der Waals surface area contributed by atoms with Crippen LogP contribution in [0.25, 0.3) is 0 Å². The number of hydrogen-bond acceptors (Lipinski definition) is 5. The number of benzene rings is 1. The monoisotopic (exact) mass is 570 g/mol. The van der Waals surface area contributed by atoms with Crippen molar-refractivity contribution in [1.29, 1.82) is 0 Å². The maximum atomic E-state index is 5.54. The predicted octanol–water partition coefficient (Wildman–Crippen LogP) is 4.84. The van der Waals surface area contributed by atoms with E-state index < -0.39 is 0 Å². The van der Waals surface area contributed by atoms with E-state index in [9.17, 15) is 0 Å². The number of halogens is 1. The molecule has 0 radical (unpaired) electrons. The lowest BCUT2D eigenvalue weighted by Gasteiger charge is -2.33. The third-order valence-electron chi connectivity index (χ3n) is 5.40. The number of methoxy groups -OCH3 is 2. The topological polar surface area (TPSA) is 58.1 Å². The van der Waals surface area contributed by atoms with Gasteiger partial charge in [-0.15, -0.1) is 41.9 Å². The summed E-state index contributed by atoms with van der Waals surface area (Å²) >= 11 is 1.81. The van der Waals surface area contributed by atoms with E-state index in [4.69, 9.17) is 14.5 Å². The largest absolute Gasteiger partial charge is 0.493 e. The van der Waals surface area contributed by atoms with Crippen LogP contribution < -0.4 is 25.0 Å². The Morgan fingerprint density at radius 2 is 2.06 bits per heavy atom. The molecule has 3 rings (SSSR count). The fourth-order valence-corrected chi connectivity index (χ4v) is 4.67. The number of ether oxygens (including phenoxy) is 2. The second kappa shape index (κ2) is 13.6. The Kier molecular flexibility index (Phi) is 11.2. The van der Waals surface area contributed by atoms with Crippen molar-refractivity contribution in [3.63, 3.8) is 0 Å². The molecule has 2 heterocycles. The summed E-state index contributed by atoms with van der Waals surface area (Å²) in [5.74, 6) is 2.35. The Bertz CT molecular complexity index is 865. The van der Waals surface area contributed by atoms with Crippen molar-refractivity contribution in [2.75, 3.05) is 38.8 Å². The minimum atomic E-state index is 0. The number of anilines is 1. The number of rotatable bonds is 9. The van der Waals surface area contributed by atoms with Gasteiger partial charge in [0.2, 0.25) is 0 Å². The highest BCUT2D eigenvalue weighted by Crippen LogP contribution is 2.33. The van der Waals surface area contributed by atoms with Gasteiger partial charge in [-0.25, -0.2) is 4.99 Å². The Labute approximate surface area is 213 Å². The number of aliphatic imine (C=N–C) groups is 1. The van der Waals surface area contributed by atoms with Gasteiger partial charge in [0, 0.05) is 31.2 Å². The molecule has 1 fully saturated rings. The molecule has 0 amide bonds. The van der Waals surface area contributed by atoms with Gasteiger partial charge in [0.05, 0.1) is 25.8 Å². The summed E-state index contributed by atoms with van der Waals surface area (Å²) < 4.78 is 11.1. The van der Waals surface area contributed by atoms with E-state index in [0.717, 1.165) is 67.5 Å². The first-order chi connectivity index (χ1) is 15.2. The van der Waals surface area contributed by atoms with Gasteiger partial charge in [-0.2, -0.15) is 0 Å². The van der Waals surface area contributed by atoms with Crippen LogP contribution >= 0.6 is 35.3 Å². The molecule has 2 N–H and O–H groups in total. The lowest BCUT2D eigenvalue weighted by Crippen LogP contribution is -2.48. The molecule has 176 valence electrons. The molecule has 1 aromatic heterocycles. The van der Waals surface area contributed by atoms with E-state index in [0.29, 0.717) is 12.6 Å². The molecule has 0 aliphatic carbocycles. The normalized spacial score (nSPS) is 14.5. The molecule has 8 heteroatoms. The zero-order valence-electron chi connectivity index (χ0n) is 19.2. The van der Waals surface area contributed by atoms with Gasteiger partial charge in [0.25, 0.3) is 0 Å². The highest BCUT2D eigenvalue weighted by Gasteiger charge is 2.20. The van der Waals surface area contributed by atoms with Crippen LogP contribution in [0.5, 0.6) is 11.5 Å². The van der Waals surface area contributed by atoms with E-state index in [-0.39, 0.29) is 24.0 Å². The molecule has 2 aromatic rings. The maximum absolute atomic E-state index is 5.54. The molecule has 1 aliphatic rings. The van der Waals surface area contributed by atoms with Crippen LogP contribution in [-0.4, -0.2) is 45.9 Å². The first kappa shape index (κ1) is 26.3. The van der Waals surface area contributed by atoms with Crippen molar-refractivity contribution in [2.24, 2.45) is 4.99 Å². The SMILES string of the molecule is C=CCc1cc(CN=C(NCC)NC2CCN(c3cccs3)CC2)cc(OC)c1OC.I. The fraction of sp³-hybridized carbons (Fsp3) is 0.458. The highest BCUT2D eigenvalue weighted by atomic mass is 127. The number of thiophene rings is 1. The fourth-order valence-electron chi connectivity index (χ4n) is 3.88. The number of hydrogen-bond donors (Lipinski definition) is 2. The number of nitrogens with one attached hydrogen (secondary N) is 2. The molecule has 0 bridgehead atoms. The molecule has 0 unspecified atom stereocenters. The summed E-state index contributed by atoms with van der Waals surface area (Å²) in [4.78, 5) is 7.31. The third-order valence-corrected chi connectivity index (χ3v) is 6.33. The predicted molar refractivity (Wildman–Crippen MR) is 146 cm³/mol. The Hall–Kier alpha value is -1.94. The van der Waals surface area contributed by atoms with Gasteiger partial charge in [0.15, 0.2) is 17.5 Å². The molecule has 0 saturated carbocycles. The second-order valence-corrected chi connectivity index (χ2v) is 8.46. The van der Waals surface area contributed by atoms with Crippen LogP contribution in [0.3, 0.4) is 0 Å². The summed E-state index contributed by atoms with van der Waals surface area (Å²) in [5.41, 5.74) is 2.14. The van der Waals surface area contributed by atoms with Crippen LogP contribution in [0, 0.1) is 0 Å². The van der Waals surface area contributed by atoms with Gasteiger partial charge < -0.3 is 25.0 Å². The molecule has 1 aliphatic heterocycles. The standard InChI is InChI=1S/C24H34N4O2S.HI/c1-5-8-19-15-18(16-21(29-3)23(19)30-4)17-26-24(25-6-2)27-20-10-12-28(13-11-20)22-9-7-14-31-22;/h5,7,9,14-16,20H,1,6,8,10-13,17H2,2-4H3,(H2,25,26,27);1H. The Morgan fingerprint density at radius 3 is 2.66 bits per heavy atom. The van der Waals surface area contributed by atoms with Crippen molar-refractivity contribution in [1.82, 2.24) is 10.6 Å². The minimum absolute atomic E-state index is 0. The summed E-state index contributed by atoms with van der Waals surface area (Å²) in [6.45, 7) is 9.47. The van der Waals surface area contributed by atoms with Crippen LogP contribution in [0.15, 0.2) is 47.3 Å². The molecule has 6 nitrogen and oxygen atoms in total. The average molecular weight is 571 g/mol. The summed E-state index contributed by atoms with van der Waals surface area (Å²) in [6.07, 6.45) is 4.79. The van der Waals surface area contributed by atoms with Gasteiger partial charge in [-0.05, 0) is 61.4 Å². The van der Waals surface area contributed by atoms with Gasteiger partial charge in [-0.3, -0.25) is 0 Å². The minimum Gasteiger partial charge on any atom is -0.493 e. The number of guanidine groups is 1. The lowest BCUT2D eigenvalue weighted by molar-refractivity contribution is 0.352. The highest BCUT2D eigenvalue weighted by molar-refractivity contribution is 14.0. The van der Waals surface area contributed by atoms with E-state index in [1.54, 1.807) is 14.2 Å². The first-order valence-corrected chi connectivity index (χ1v) is 11.7. The number of piperidine rings is 1. The van der Waals surface area contributed by atoms with Gasteiger partial charge in [0.1, 0.15) is 0 Å². The molecule has 1 aromatic carbocycles. The van der Waals surface area contributed by atoms with Crippen molar-refractivity contribution in [3.05, 3.63) is 53.4 Å². The quantitative estimate of drug-likeness (QED) is 0.196. The molecule has 0 atom stereocenters. The third kappa shape index (κ3) is 7.03. The molecular formula is C24H35IN4O2S. The molecule has 32 heavy (non-hydrogen) atoms. The summed E-state index contributed by atoms with van der Waals surface area (Å²) in [6, 6.07) is 8.87.